The molecule has 80 valence electrons. The number of methoxy groups -OCH3 is 1. The van der Waals surface area contributed by atoms with E-state index in [1.165, 1.54) is 7.11 Å². The number of nitrogens with zero attached hydrogens (tertiary/aromatic N) is 1. The zero-order valence-electron chi connectivity index (χ0n) is 8.91. The van der Waals surface area contributed by atoms with Crippen LogP contribution in [0.4, 0.5) is 5.69 Å². The van der Waals surface area contributed by atoms with Gasteiger partial charge in [-0.05, 0) is 25.8 Å². The van der Waals surface area contributed by atoms with Crippen molar-refractivity contribution in [2.45, 2.75) is 25.7 Å². The Bertz CT molecular complexity index is 411. The van der Waals surface area contributed by atoms with Gasteiger partial charge in [-0.25, -0.2) is 4.79 Å². The molecule has 0 amide bonds. The lowest BCUT2D eigenvalue weighted by atomic mass is 10.1. The van der Waals surface area contributed by atoms with Gasteiger partial charge in [0.1, 0.15) is 0 Å². The molecule has 1 aromatic heterocycles. The Labute approximate surface area is 88.4 Å². The summed E-state index contributed by atoms with van der Waals surface area (Å²) in [5.74, 6) is 0.0493. The van der Waals surface area contributed by atoms with Crippen LogP contribution in [0, 0.1) is 6.92 Å². The van der Waals surface area contributed by atoms with Crippen molar-refractivity contribution in [1.29, 1.82) is 0 Å². The molecule has 1 aliphatic carbocycles. The first-order chi connectivity index (χ1) is 7.13. The highest BCUT2D eigenvalue weighted by atomic mass is 16.5. The number of hydrogen-bond donors (Lipinski definition) is 1. The Morgan fingerprint density at radius 1 is 1.60 bits per heavy atom. The molecule has 0 spiro atoms. The highest BCUT2D eigenvalue weighted by Gasteiger charge is 2.29. The van der Waals surface area contributed by atoms with Crippen LogP contribution < -0.4 is 5.73 Å². The predicted molar refractivity (Wildman–Crippen MR) is 56.7 cm³/mol. The molecule has 0 aliphatic heterocycles. The molecule has 1 aliphatic rings. The van der Waals surface area contributed by atoms with Crippen LogP contribution in [0.15, 0.2) is 6.07 Å². The summed E-state index contributed by atoms with van der Waals surface area (Å²) in [4.78, 5) is 15.8. The summed E-state index contributed by atoms with van der Waals surface area (Å²) in [6, 6.07) is 1.67. The molecule has 2 N–H and O–H groups in total. The molecular formula is C11H14N2O2. The molecule has 0 radical (unpaired) electrons. The summed E-state index contributed by atoms with van der Waals surface area (Å²) in [5, 5.41) is 0. The molecule has 1 saturated carbocycles. The third-order valence-corrected chi connectivity index (χ3v) is 2.59. The molecule has 1 heterocycles. The van der Waals surface area contributed by atoms with Crippen molar-refractivity contribution < 1.29 is 9.53 Å². The molecule has 15 heavy (non-hydrogen) atoms. The van der Waals surface area contributed by atoms with Gasteiger partial charge < -0.3 is 10.5 Å². The molecule has 4 heteroatoms. The largest absolute Gasteiger partial charge is 0.465 e. The average Bonchev–Trinajstić information content (AvgIpc) is 3.03. The van der Waals surface area contributed by atoms with Gasteiger partial charge in [0.15, 0.2) is 0 Å². The van der Waals surface area contributed by atoms with Crippen molar-refractivity contribution in [2.24, 2.45) is 0 Å². The summed E-state index contributed by atoms with van der Waals surface area (Å²) < 4.78 is 4.68. The lowest BCUT2D eigenvalue weighted by Crippen LogP contribution is -2.10. The van der Waals surface area contributed by atoms with E-state index < -0.39 is 0 Å². The monoisotopic (exact) mass is 206 g/mol. The Balaban J connectivity index is 2.49. The Morgan fingerprint density at radius 2 is 2.27 bits per heavy atom. The van der Waals surface area contributed by atoms with Gasteiger partial charge in [0.25, 0.3) is 0 Å². The van der Waals surface area contributed by atoms with Gasteiger partial charge in [-0.1, -0.05) is 0 Å². The number of carbonyl (C=O) groups excluding carboxylic acids is 1. The van der Waals surface area contributed by atoms with Crippen LogP contribution in [0.25, 0.3) is 0 Å². The van der Waals surface area contributed by atoms with E-state index in [1.54, 1.807) is 6.07 Å². The van der Waals surface area contributed by atoms with Crippen LogP contribution in [0.1, 0.15) is 40.5 Å². The Morgan fingerprint density at radius 3 is 2.80 bits per heavy atom. The Kier molecular flexibility index (Phi) is 2.34. The maximum absolute atomic E-state index is 11.5. The second-order valence-corrected chi connectivity index (χ2v) is 3.88. The zero-order valence-corrected chi connectivity index (χ0v) is 8.91. The highest BCUT2D eigenvalue weighted by molar-refractivity contribution is 5.95. The van der Waals surface area contributed by atoms with Crippen molar-refractivity contribution in [3.63, 3.8) is 0 Å². The number of anilines is 1. The van der Waals surface area contributed by atoms with E-state index in [1.807, 2.05) is 6.92 Å². The van der Waals surface area contributed by atoms with Gasteiger partial charge in [0.05, 0.1) is 24.1 Å². The summed E-state index contributed by atoms with van der Waals surface area (Å²) in [5.41, 5.74) is 8.49. The number of esters is 1. The third kappa shape index (κ3) is 1.79. The third-order valence-electron chi connectivity index (χ3n) is 2.59. The summed E-state index contributed by atoms with van der Waals surface area (Å²) >= 11 is 0. The number of carbonyl (C=O) groups is 1. The average molecular weight is 206 g/mol. The lowest BCUT2D eigenvalue weighted by molar-refractivity contribution is 0.0601. The van der Waals surface area contributed by atoms with Crippen molar-refractivity contribution in [3.05, 3.63) is 23.0 Å². The first-order valence-corrected chi connectivity index (χ1v) is 4.98. The smallest absolute Gasteiger partial charge is 0.340 e. The minimum atomic E-state index is -0.389. The maximum Gasteiger partial charge on any atom is 0.340 e. The number of ether oxygens (including phenoxy) is 1. The Hall–Kier alpha value is -1.58. The molecule has 0 atom stereocenters. The molecular weight excluding hydrogens is 192 g/mol. The zero-order chi connectivity index (χ0) is 11.0. The fourth-order valence-electron chi connectivity index (χ4n) is 1.65. The molecule has 2 rings (SSSR count). The van der Waals surface area contributed by atoms with Gasteiger partial charge in [0, 0.05) is 11.6 Å². The van der Waals surface area contributed by atoms with Crippen LogP contribution >= 0.6 is 0 Å². The standard InChI is InChI=1S/C11H14N2O2/c1-6-5-8(11(14)15-2)9(12)10(13-6)7-3-4-7/h5,7H,3-4,12H2,1-2H3. The van der Waals surface area contributed by atoms with Crippen LogP contribution in [-0.4, -0.2) is 18.1 Å². The fourth-order valence-corrected chi connectivity index (χ4v) is 1.65. The first-order valence-electron chi connectivity index (χ1n) is 4.98. The number of rotatable bonds is 2. The van der Waals surface area contributed by atoms with E-state index in [0.29, 0.717) is 17.2 Å². The molecule has 0 saturated heterocycles. The van der Waals surface area contributed by atoms with E-state index in [9.17, 15) is 4.79 Å². The maximum atomic E-state index is 11.5. The quantitative estimate of drug-likeness (QED) is 0.747. The normalized spacial score (nSPS) is 15.1. The van der Waals surface area contributed by atoms with Gasteiger partial charge >= 0.3 is 5.97 Å². The fraction of sp³-hybridized carbons (Fsp3) is 0.455. The van der Waals surface area contributed by atoms with Crippen molar-refractivity contribution >= 4 is 11.7 Å². The highest BCUT2D eigenvalue weighted by Crippen LogP contribution is 2.42. The summed E-state index contributed by atoms with van der Waals surface area (Å²) in [7, 11) is 1.36. The topological polar surface area (TPSA) is 65.2 Å². The van der Waals surface area contributed by atoms with E-state index >= 15 is 0 Å². The predicted octanol–water partition coefficient (Wildman–Crippen LogP) is 1.64. The van der Waals surface area contributed by atoms with E-state index in [4.69, 9.17) is 5.73 Å². The number of hydrogen-bond acceptors (Lipinski definition) is 4. The number of aromatic nitrogens is 1. The molecule has 1 aromatic rings. The number of aryl methyl sites for hydroxylation is 1. The second kappa shape index (κ2) is 3.53. The molecule has 4 nitrogen and oxygen atoms in total. The van der Waals surface area contributed by atoms with Crippen molar-refractivity contribution in [3.8, 4) is 0 Å². The molecule has 0 aromatic carbocycles. The number of pyridine rings is 1. The van der Waals surface area contributed by atoms with Gasteiger partial charge in [-0.2, -0.15) is 0 Å². The minimum absolute atomic E-state index is 0.389. The van der Waals surface area contributed by atoms with Gasteiger partial charge in [-0.15, -0.1) is 0 Å². The van der Waals surface area contributed by atoms with E-state index in [-0.39, 0.29) is 5.97 Å². The van der Waals surface area contributed by atoms with Crippen molar-refractivity contribution in [1.82, 2.24) is 4.98 Å². The molecule has 0 bridgehead atoms. The minimum Gasteiger partial charge on any atom is -0.465 e. The summed E-state index contributed by atoms with van der Waals surface area (Å²) in [6.07, 6.45) is 2.22. The van der Waals surface area contributed by atoms with Crippen LogP contribution in [0.5, 0.6) is 0 Å². The van der Waals surface area contributed by atoms with E-state index in [2.05, 4.69) is 9.72 Å². The van der Waals surface area contributed by atoms with Crippen molar-refractivity contribution in [2.75, 3.05) is 12.8 Å². The SMILES string of the molecule is COC(=O)c1cc(C)nc(C2CC2)c1N. The van der Waals surface area contributed by atoms with Gasteiger partial charge in [-0.3, -0.25) is 4.98 Å². The number of nitrogens with two attached hydrogens (primary N) is 1. The molecule has 0 unspecified atom stereocenters. The van der Waals surface area contributed by atoms with Gasteiger partial charge in [0.2, 0.25) is 0 Å². The number of nitrogen functional groups attached to an aromatic ring is 1. The summed E-state index contributed by atoms with van der Waals surface area (Å²) in [6.45, 7) is 1.86. The first kappa shape index (κ1) is 9.96. The van der Waals surface area contributed by atoms with E-state index in [0.717, 1.165) is 24.2 Å². The molecule has 1 fully saturated rings. The lowest BCUT2D eigenvalue weighted by Gasteiger charge is -2.09. The second-order valence-electron chi connectivity index (χ2n) is 3.88. The van der Waals surface area contributed by atoms with Crippen LogP contribution in [0.3, 0.4) is 0 Å². The van der Waals surface area contributed by atoms with Crippen LogP contribution in [0.2, 0.25) is 0 Å². The van der Waals surface area contributed by atoms with Crippen LogP contribution in [-0.2, 0) is 4.74 Å².